The monoisotopic (exact) mass is 619 g/mol. The summed E-state index contributed by atoms with van der Waals surface area (Å²) in [5, 5.41) is 27.9. The second kappa shape index (κ2) is 14.5. The number of halogens is 1. The highest BCUT2D eigenvalue weighted by molar-refractivity contribution is 7.17. The molecule has 44 heavy (non-hydrogen) atoms. The summed E-state index contributed by atoms with van der Waals surface area (Å²) in [4.78, 5) is 14.4. The van der Waals surface area contributed by atoms with E-state index in [0.29, 0.717) is 42.6 Å². The standard InChI is InChI=1S/C33H38FN5O4S/c34-26-3-4-27(29(18-26)43-15-14-42-13-10-36-30(41)20-39-11-6-22(21-40)7-12-39)32-33-28(8-16-44-33)31(37-38-32)24-1-2-25-19-35-9-5-23(25)17-24/h1-4,8,16-18,22,35,40H,5-7,9-15,19-21H2,(H,36,41). The maximum absolute atomic E-state index is 14.3. The van der Waals surface area contributed by atoms with Crippen LogP contribution in [0.5, 0.6) is 5.75 Å². The SMILES string of the molecule is O=C(CN1CCC(CO)CC1)NCCOCCOc1cc(F)ccc1-c1nnc(-c2ccc3c(c2)CCNC3)c2ccsc12. The second-order valence-corrected chi connectivity index (χ2v) is 12.2. The van der Waals surface area contributed by atoms with Gasteiger partial charge in [0.2, 0.25) is 5.91 Å². The number of aliphatic hydroxyl groups excluding tert-OH is 1. The van der Waals surface area contributed by atoms with Gasteiger partial charge in [0.15, 0.2) is 0 Å². The third kappa shape index (κ3) is 7.24. The van der Waals surface area contributed by atoms with Crippen molar-refractivity contribution in [2.75, 3.05) is 59.2 Å². The molecule has 232 valence electrons. The van der Waals surface area contributed by atoms with Crippen molar-refractivity contribution in [1.29, 1.82) is 0 Å². The number of fused-ring (bicyclic) bond motifs is 2. The number of aromatic nitrogens is 2. The molecule has 4 heterocycles. The minimum absolute atomic E-state index is 0.0346. The first kappa shape index (κ1) is 30.5. The predicted molar refractivity (Wildman–Crippen MR) is 169 cm³/mol. The van der Waals surface area contributed by atoms with Crippen LogP contribution in [0.15, 0.2) is 47.8 Å². The van der Waals surface area contributed by atoms with Crippen LogP contribution >= 0.6 is 11.3 Å². The van der Waals surface area contributed by atoms with Gasteiger partial charge in [0, 0.05) is 42.3 Å². The fourth-order valence-electron chi connectivity index (χ4n) is 5.86. The maximum atomic E-state index is 14.3. The number of ether oxygens (including phenoxy) is 2. The number of nitrogens with one attached hydrogen (secondary N) is 2. The van der Waals surface area contributed by atoms with Crippen molar-refractivity contribution >= 4 is 27.3 Å². The average Bonchev–Trinajstić information content (AvgIpc) is 3.55. The Bertz CT molecular complexity index is 1590. The largest absolute Gasteiger partial charge is 0.490 e. The topological polar surface area (TPSA) is 109 Å². The van der Waals surface area contributed by atoms with Crippen LogP contribution in [0.25, 0.3) is 32.6 Å². The van der Waals surface area contributed by atoms with Crippen LogP contribution in [-0.4, -0.2) is 85.3 Å². The normalized spacial score (nSPS) is 15.8. The third-order valence-corrected chi connectivity index (χ3v) is 9.26. The first-order chi connectivity index (χ1) is 21.6. The Labute approximate surface area is 260 Å². The van der Waals surface area contributed by atoms with Crippen LogP contribution in [0.2, 0.25) is 0 Å². The van der Waals surface area contributed by atoms with Gasteiger partial charge in [-0.25, -0.2) is 4.39 Å². The Balaban J connectivity index is 1.04. The number of thiophene rings is 1. The van der Waals surface area contributed by atoms with E-state index >= 15 is 0 Å². The van der Waals surface area contributed by atoms with Crippen molar-refractivity contribution in [3.8, 4) is 28.3 Å². The molecule has 0 spiro atoms. The molecule has 0 saturated carbocycles. The van der Waals surface area contributed by atoms with E-state index in [1.54, 1.807) is 17.4 Å². The van der Waals surface area contributed by atoms with E-state index in [1.807, 2.05) is 5.38 Å². The van der Waals surface area contributed by atoms with E-state index in [2.05, 4.69) is 50.0 Å². The van der Waals surface area contributed by atoms with Gasteiger partial charge in [0.05, 0.1) is 24.5 Å². The summed E-state index contributed by atoms with van der Waals surface area (Å²) >= 11 is 1.58. The number of carbonyl (C=O) groups is 1. The molecule has 0 bridgehead atoms. The number of aliphatic hydroxyl groups is 1. The molecule has 4 aromatic rings. The van der Waals surface area contributed by atoms with E-state index < -0.39 is 5.82 Å². The molecule has 2 aliphatic rings. The molecule has 1 fully saturated rings. The lowest BCUT2D eigenvalue weighted by Gasteiger charge is -2.30. The number of benzene rings is 2. The summed E-state index contributed by atoms with van der Waals surface area (Å²) in [7, 11) is 0. The number of likely N-dealkylation sites (tertiary alicyclic amines) is 1. The van der Waals surface area contributed by atoms with Crippen LogP contribution < -0.4 is 15.4 Å². The highest BCUT2D eigenvalue weighted by atomic mass is 32.1. The molecule has 0 radical (unpaired) electrons. The van der Waals surface area contributed by atoms with Gasteiger partial charge in [-0.1, -0.05) is 12.1 Å². The Kier molecular flexibility index (Phi) is 10.1. The molecular formula is C33H38FN5O4S. The molecule has 9 nitrogen and oxygen atoms in total. The number of nitrogens with zero attached hydrogens (tertiary/aromatic N) is 3. The molecule has 0 unspecified atom stereocenters. The molecular weight excluding hydrogens is 581 g/mol. The summed E-state index contributed by atoms with van der Waals surface area (Å²) in [6.45, 7) is 5.33. The van der Waals surface area contributed by atoms with Crippen LogP contribution in [-0.2, 0) is 22.5 Å². The fourth-order valence-corrected chi connectivity index (χ4v) is 6.76. The van der Waals surface area contributed by atoms with Gasteiger partial charge in [0.1, 0.15) is 29.6 Å². The Morgan fingerprint density at radius 1 is 1.07 bits per heavy atom. The molecule has 2 aromatic heterocycles. The average molecular weight is 620 g/mol. The smallest absolute Gasteiger partial charge is 0.234 e. The Morgan fingerprint density at radius 2 is 1.93 bits per heavy atom. The Hall–Kier alpha value is -3.48. The third-order valence-electron chi connectivity index (χ3n) is 8.34. The van der Waals surface area contributed by atoms with Crippen molar-refractivity contribution in [2.45, 2.75) is 25.8 Å². The minimum Gasteiger partial charge on any atom is -0.490 e. The van der Waals surface area contributed by atoms with Gasteiger partial charge in [-0.3, -0.25) is 9.69 Å². The van der Waals surface area contributed by atoms with Crippen molar-refractivity contribution in [3.63, 3.8) is 0 Å². The van der Waals surface area contributed by atoms with Crippen molar-refractivity contribution in [3.05, 3.63) is 64.8 Å². The van der Waals surface area contributed by atoms with Crippen molar-refractivity contribution in [2.24, 2.45) is 5.92 Å². The minimum atomic E-state index is -0.400. The van der Waals surface area contributed by atoms with Crippen LogP contribution in [0.4, 0.5) is 4.39 Å². The fraction of sp³-hybridized carbons (Fsp3) is 0.424. The molecule has 1 saturated heterocycles. The predicted octanol–water partition coefficient (Wildman–Crippen LogP) is 4.03. The summed E-state index contributed by atoms with van der Waals surface area (Å²) in [5.74, 6) is 0.294. The zero-order chi connectivity index (χ0) is 30.3. The van der Waals surface area contributed by atoms with E-state index in [-0.39, 0.29) is 25.7 Å². The van der Waals surface area contributed by atoms with Gasteiger partial charge in [-0.15, -0.1) is 21.5 Å². The first-order valence-electron chi connectivity index (χ1n) is 15.3. The summed E-state index contributed by atoms with van der Waals surface area (Å²) in [5.41, 5.74) is 5.86. The molecule has 3 N–H and O–H groups in total. The summed E-state index contributed by atoms with van der Waals surface area (Å²) in [6.07, 6.45) is 2.83. The first-order valence-corrected chi connectivity index (χ1v) is 16.1. The molecule has 2 aromatic carbocycles. The highest BCUT2D eigenvalue weighted by Crippen LogP contribution is 2.39. The van der Waals surface area contributed by atoms with Crippen molar-refractivity contribution in [1.82, 2.24) is 25.7 Å². The van der Waals surface area contributed by atoms with Gasteiger partial charge >= 0.3 is 0 Å². The number of rotatable bonds is 12. The Morgan fingerprint density at radius 3 is 2.80 bits per heavy atom. The number of hydrogen-bond acceptors (Lipinski definition) is 9. The number of carbonyl (C=O) groups excluding carboxylic acids is 1. The lowest BCUT2D eigenvalue weighted by atomic mass is 9.96. The van der Waals surface area contributed by atoms with Crippen LogP contribution in [0.3, 0.4) is 0 Å². The quantitative estimate of drug-likeness (QED) is 0.204. The van der Waals surface area contributed by atoms with Crippen LogP contribution in [0, 0.1) is 11.7 Å². The zero-order valence-electron chi connectivity index (χ0n) is 24.7. The number of hydrogen-bond donors (Lipinski definition) is 3. The molecule has 2 aliphatic heterocycles. The molecule has 1 amide bonds. The van der Waals surface area contributed by atoms with E-state index in [1.165, 1.54) is 23.3 Å². The van der Waals surface area contributed by atoms with Gasteiger partial charge < -0.3 is 25.2 Å². The number of piperidine rings is 1. The van der Waals surface area contributed by atoms with Crippen molar-refractivity contribution < 1.29 is 23.8 Å². The van der Waals surface area contributed by atoms with Gasteiger partial charge in [-0.05, 0) is 85.6 Å². The number of amides is 1. The second-order valence-electron chi connectivity index (χ2n) is 11.3. The van der Waals surface area contributed by atoms with E-state index in [4.69, 9.17) is 9.47 Å². The maximum Gasteiger partial charge on any atom is 0.234 e. The van der Waals surface area contributed by atoms with Gasteiger partial charge in [0.25, 0.3) is 0 Å². The molecule has 11 heteroatoms. The molecule has 6 rings (SSSR count). The lowest BCUT2D eigenvalue weighted by molar-refractivity contribution is -0.122. The summed E-state index contributed by atoms with van der Waals surface area (Å²) in [6, 6.07) is 13.0. The molecule has 0 aliphatic carbocycles. The zero-order valence-corrected chi connectivity index (χ0v) is 25.5. The van der Waals surface area contributed by atoms with Gasteiger partial charge in [-0.2, -0.15) is 0 Å². The van der Waals surface area contributed by atoms with E-state index in [0.717, 1.165) is 66.8 Å². The molecule has 0 atom stereocenters. The van der Waals surface area contributed by atoms with E-state index in [9.17, 15) is 14.3 Å². The lowest BCUT2D eigenvalue weighted by Crippen LogP contribution is -2.42. The summed E-state index contributed by atoms with van der Waals surface area (Å²) < 4.78 is 26.9. The highest BCUT2D eigenvalue weighted by Gasteiger charge is 2.21. The van der Waals surface area contributed by atoms with Crippen LogP contribution in [0.1, 0.15) is 24.0 Å².